The number of hydrogen-bond acceptors (Lipinski definition) is 5. The lowest BCUT2D eigenvalue weighted by atomic mass is 9.84. The molecule has 0 spiro atoms. The molecule has 1 N–H and O–H groups in total. The zero-order chi connectivity index (χ0) is 20.8. The van der Waals surface area contributed by atoms with Crippen molar-refractivity contribution < 1.29 is 23.9 Å². The summed E-state index contributed by atoms with van der Waals surface area (Å²) in [6, 6.07) is 7.27. The van der Waals surface area contributed by atoms with E-state index in [2.05, 4.69) is 12.2 Å². The van der Waals surface area contributed by atoms with E-state index in [4.69, 9.17) is 9.47 Å². The van der Waals surface area contributed by atoms with E-state index in [1.807, 2.05) is 24.3 Å². The van der Waals surface area contributed by atoms with Gasteiger partial charge in [-0.25, -0.2) is 0 Å². The average molecular weight is 402 g/mol. The highest BCUT2D eigenvalue weighted by Gasteiger charge is 2.41. The Kier molecular flexibility index (Phi) is 7.12. The Morgan fingerprint density at radius 3 is 2.52 bits per heavy atom. The molecule has 0 unspecified atom stereocenters. The van der Waals surface area contributed by atoms with Crippen molar-refractivity contribution in [1.29, 1.82) is 0 Å². The molecule has 0 radical (unpaired) electrons. The number of esters is 1. The maximum Gasteiger partial charge on any atom is 0.311 e. The third-order valence-electron chi connectivity index (χ3n) is 5.51. The molecule has 1 aromatic rings. The van der Waals surface area contributed by atoms with Crippen LogP contribution in [-0.2, 0) is 19.1 Å². The Bertz CT molecular complexity index is 729. The molecule has 1 aliphatic heterocycles. The van der Waals surface area contributed by atoms with Crippen molar-refractivity contribution in [2.24, 2.45) is 5.92 Å². The molecule has 2 amide bonds. The second-order valence-corrected chi connectivity index (χ2v) is 7.75. The van der Waals surface area contributed by atoms with Crippen LogP contribution in [0.15, 0.2) is 24.3 Å². The van der Waals surface area contributed by atoms with E-state index in [0.29, 0.717) is 25.1 Å². The summed E-state index contributed by atoms with van der Waals surface area (Å²) >= 11 is 0. The van der Waals surface area contributed by atoms with Crippen LogP contribution in [0.4, 0.5) is 0 Å². The van der Waals surface area contributed by atoms with Crippen LogP contribution >= 0.6 is 0 Å². The summed E-state index contributed by atoms with van der Waals surface area (Å²) in [4.78, 5) is 39.2. The number of hydrogen-bond donors (Lipinski definition) is 1. The van der Waals surface area contributed by atoms with Gasteiger partial charge in [0.25, 0.3) is 5.91 Å². The maximum absolute atomic E-state index is 12.9. The fourth-order valence-electron chi connectivity index (χ4n) is 3.75. The van der Waals surface area contributed by atoms with Gasteiger partial charge in [0, 0.05) is 19.0 Å². The van der Waals surface area contributed by atoms with Crippen LogP contribution in [0.5, 0.6) is 5.75 Å². The van der Waals surface area contributed by atoms with Crippen LogP contribution in [0.1, 0.15) is 57.1 Å². The van der Waals surface area contributed by atoms with E-state index >= 15 is 0 Å². The van der Waals surface area contributed by atoms with Crippen molar-refractivity contribution in [2.45, 2.75) is 57.5 Å². The summed E-state index contributed by atoms with van der Waals surface area (Å²) < 4.78 is 10.6. The Labute approximate surface area is 171 Å². The monoisotopic (exact) mass is 402 g/mol. The zero-order valence-electron chi connectivity index (χ0n) is 17.2. The highest BCUT2D eigenvalue weighted by Crippen LogP contribution is 2.38. The molecule has 0 aromatic heterocycles. The number of carbonyl (C=O) groups is 3. The molecule has 2 aliphatic rings. The van der Waals surface area contributed by atoms with Crippen molar-refractivity contribution in [3.63, 3.8) is 0 Å². The normalized spacial score (nSPS) is 21.6. The van der Waals surface area contributed by atoms with Gasteiger partial charge in [0.2, 0.25) is 5.91 Å². The van der Waals surface area contributed by atoms with E-state index in [-0.39, 0.29) is 24.5 Å². The quantitative estimate of drug-likeness (QED) is 0.642. The number of nitrogens with one attached hydrogen (secondary N) is 1. The number of unbranched alkanes of at least 4 members (excludes halogenated alkanes) is 1. The first-order chi connectivity index (χ1) is 14.0. The number of rotatable bonds is 9. The second-order valence-electron chi connectivity index (χ2n) is 7.75. The van der Waals surface area contributed by atoms with E-state index in [1.54, 1.807) is 12.0 Å². The fourth-order valence-corrected chi connectivity index (χ4v) is 3.75. The van der Waals surface area contributed by atoms with Crippen molar-refractivity contribution in [1.82, 2.24) is 10.2 Å². The Morgan fingerprint density at radius 2 is 1.90 bits per heavy atom. The molecular weight excluding hydrogens is 372 g/mol. The highest BCUT2D eigenvalue weighted by molar-refractivity contribution is 5.84. The fraction of sp³-hybridized carbons (Fsp3) is 0.591. The molecule has 1 aliphatic carbocycles. The first-order valence-electron chi connectivity index (χ1n) is 10.4. The molecule has 158 valence electrons. The van der Waals surface area contributed by atoms with Crippen LogP contribution in [0.25, 0.3) is 0 Å². The smallest absolute Gasteiger partial charge is 0.311 e. The lowest BCUT2D eigenvalue weighted by molar-refractivity contribution is -0.160. The predicted molar refractivity (Wildman–Crippen MR) is 107 cm³/mol. The van der Waals surface area contributed by atoms with E-state index in [0.717, 1.165) is 31.2 Å². The molecule has 1 saturated carbocycles. The number of piperidine rings is 1. The average Bonchev–Trinajstić information content (AvgIpc) is 3.55. The summed E-state index contributed by atoms with van der Waals surface area (Å²) in [5.74, 6) is -0.421. The van der Waals surface area contributed by atoms with Gasteiger partial charge in [-0.3, -0.25) is 14.4 Å². The molecule has 1 saturated heterocycles. The molecular formula is C22H30N2O5. The van der Waals surface area contributed by atoms with E-state index in [1.165, 1.54) is 0 Å². The summed E-state index contributed by atoms with van der Waals surface area (Å²) in [5, 5.41) is 2.82. The third kappa shape index (κ3) is 5.49. The SMILES string of the molecule is CCCCN1C(=O)CC[C@H](C(=O)OCC(=O)NC2CC2)[C@H]1c1ccc(OC)cc1. The lowest BCUT2D eigenvalue weighted by Gasteiger charge is -2.40. The molecule has 2 fully saturated rings. The number of ether oxygens (including phenoxy) is 2. The number of carbonyl (C=O) groups excluding carboxylic acids is 3. The van der Waals surface area contributed by atoms with Crippen molar-refractivity contribution >= 4 is 17.8 Å². The predicted octanol–water partition coefficient (Wildman–Crippen LogP) is 2.60. The van der Waals surface area contributed by atoms with Crippen LogP contribution in [0.3, 0.4) is 0 Å². The van der Waals surface area contributed by atoms with Gasteiger partial charge in [0.1, 0.15) is 5.75 Å². The number of methoxy groups -OCH3 is 1. The van der Waals surface area contributed by atoms with Gasteiger partial charge in [0.15, 0.2) is 6.61 Å². The number of amides is 2. The maximum atomic E-state index is 12.9. The van der Waals surface area contributed by atoms with Gasteiger partial charge in [-0.1, -0.05) is 25.5 Å². The van der Waals surface area contributed by atoms with Crippen molar-refractivity contribution in [3.05, 3.63) is 29.8 Å². The van der Waals surface area contributed by atoms with Crippen LogP contribution in [0, 0.1) is 5.92 Å². The Balaban J connectivity index is 1.76. The van der Waals surface area contributed by atoms with Crippen LogP contribution in [0.2, 0.25) is 0 Å². The molecule has 1 heterocycles. The Hall–Kier alpha value is -2.57. The van der Waals surface area contributed by atoms with Gasteiger partial charge in [-0.15, -0.1) is 0 Å². The molecule has 7 nitrogen and oxygen atoms in total. The lowest BCUT2D eigenvalue weighted by Crippen LogP contribution is -2.46. The topological polar surface area (TPSA) is 84.9 Å². The zero-order valence-corrected chi connectivity index (χ0v) is 17.2. The minimum atomic E-state index is -0.494. The first kappa shape index (κ1) is 21.1. The second kappa shape index (κ2) is 9.76. The molecule has 1 aromatic carbocycles. The molecule has 29 heavy (non-hydrogen) atoms. The number of benzene rings is 1. The van der Waals surface area contributed by atoms with Crippen LogP contribution in [-0.4, -0.2) is 49.0 Å². The van der Waals surface area contributed by atoms with E-state index < -0.39 is 17.9 Å². The molecule has 7 heteroatoms. The summed E-state index contributed by atoms with van der Waals surface area (Å²) in [5.41, 5.74) is 0.874. The van der Waals surface area contributed by atoms with Crippen LogP contribution < -0.4 is 10.1 Å². The standard InChI is InChI=1S/C22H30N2O5/c1-3-4-13-24-20(26)12-11-18(21(24)15-5-9-17(28-2)10-6-15)22(27)29-14-19(25)23-16-7-8-16/h5-6,9-10,16,18,21H,3-4,7-8,11-14H2,1-2H3,(H,23,25)/t18-,21+/m0/s1. The van der Waals surface area contributed by atoms with Crippen molar-refractivity contribution in [2.75, 3.05) is 20.3 Å². The van der Waals surface area contributed by atoms with E-state index in [9.17, 15) is 14.4 Å². The van der Waals surface area contributed by atoms with Gasteiger partial charge >= 0.3 is 5.97 Å². The molecule has 0 bridgehead atoms. The summed E-state index contributed by atoms with van der Waals surface area (Å²) in [7, 11) is 1.60. The summed E-state index contributed by atoms with van der Waals surface area (Å²) in [6.45, 7) is 2.39. The van der Waals surface area contributed by atoms with Gasteiger partial charge in [-0.2, -0.15) is 0 Å². The van der Waals surface area contributed by atoms with Crippen molar-refractivity contribution in [3.8, 4) is 5.75 Å². The minimum absolute atomic E-state index is 0.0507. The summed E-state index contributed by atoms with van der Waals surface area (Å²) in [6.07, 6.45) is 4.51. The largest absolute Gasteiger partial charge is 0.497 e. The Morgan fingerprint density at radius 1 is 1.17 bits per heavy atom. The minimum Gasteiger partial charge on any atom is -0.497 e. The highest BCUT2D eigenvalue weighted by atomic mass is 16.5. The molecule has 2 atom stereocenters. The van der Waals surface area contributed by atoms with Gasteiger partial charge < -0.3 is 19.7 Å². The van der Waals surface area contributed by atoms with Gasteiger partial charge in [-0.05, 0) is 43.4 Å². The first-order valence-corrected chi connectivity index (χ1v) is 10.4. The third-order valence-corrected chi connectivity index (χ3v) is 5.51. The number of nitrogens with zero attached hydrogens (tertiary/aromatic N) is 1. The molecule has 3 rings (SSSR count). The van der Waals surface area contributed by atoms with Gasteiger partial charge in [0.05, 0.1) is 19.1 Å². The number of likely N-dealkylation sites (tertiary alicyclic amines) is 1.